The Hall–Kier alpha value is -0.780. The SMILES string of the molecule is CC(C)(C)CC1(C)CC(C)(C)c2ccc(C(C)(C)C)cc21. The molecule has 0 bridgehead atoms. The van der Waals surface area contributed by atoms with Crippen molar-refractivity contribution in [1.82, 2.24) is 0 Å². The Balaban J connectivity index is 2.58. The lowest BCUT2D eigenvalue weighted by atomic mass is 9.70. The van der Waals surface area contributed by atoms with Crippen LogP contribution in [0.2, 0.25) is 0 Å². The molecular weight excluding hydrogens is 252 g/mol. The van der Waals surface area contributed by atoms with Crippen LogP contribution in [0.1, 0.15) is 91.8 Å². The van der Waals surface area contributed by atoms with Crippen LogP contribution in [0.3, 0.4) is 0 Å². The molecule has 118 valence electrons. The Morgan fingerprint density at radius 3 is 1.95 bits per heavy atom. The van der Waals surface area contributed by atoms with Gasteiger partial charge in [-0.3, -0.25) is 0 Å². The molecule has 2 rings (SSSR count). The zero-order valence-electron chi connectivity index (χ0n) is 15.6. The van der Waals surface area contributed by atoms with Gasteiger partial charge in [0.15, 0.2) is 0 Å². The second-order valence-electron chi connectivity index (χ2n) is 10.4. The van der Waals surface area contributed by atoms with Crippen molar-refractivity contribution in [1.29, 1.82) is 0 Å². The second-order valence-corrected chi connectivity index (χ2v) is 10.4. The summed E-state index contributed by atoms with van der Waals surface area (Å²) in [6, 6.07) is 7.27. The average molecular weight is 287 g/mol. The third kappa shape index (κ3) is 3.20. The highest BCUT2D eigenvalue weighted by atomic mass is 14.5. The van der Waals surface area contributed by atoms with E-state index in [-0.39, 0.29) is 5.41 Å². The smallest absolute Gasteiger partial charge is 0.00590 e. The fraction of sp³-hybridized carbons (Fsp3) is 0.714. The van der Waals surface area contributed by atoms with Crippen molar-refractivity contribution in [3.05, 3.63) is 34.9 Å². The minimum atomic E-state index is 0.227. The summed E-state index contributed by atoms with van der Waals surface area (Å²) in [6.07, 6.45) is 2.52. The summed E-state index contributed by atoms with van der Waals surface area (Å²) < 4.78 is 0. The fourth-order valence-corrected chi connectivity index (χ4v) is 4.59. The van der Waals surface area contributed by atoms with Gasteiger partial charge in [0, 0.05) is 0 Å². The number of rotatable bonds is 1. The van der Waals surface area contributed by atoms with E-state index in [2.05, 4.69) is 80.5 Å². The van der Waals surface area contributed by atoms with Gasteiger partial charge in [0.2, 0.25) is 0 Å². The quantitative estimate of drug-likeness (QED) is 0.563. The molecule has 0 radical (unpaired) electrons. The molecule has 0 heteroatoms. The lowest BCUT2D eigenvalue weighted by Crippen LogP contribution is -2.28. The molecule has 0 fully saturated rings. The highest BCUT2D eigenvalue weighted by molar-refractivity contribution is 5.48. The number of fused-ring (bicyclic) bond motifs is 1. The fourth-order valence-electron chi connectivity index (χ4n) is 4.59. The van der Waals surface area contributed by atoms with Gasteiger partial charge in [0.05, 0.1) is 0 Å². The van der Waals surface area contributed by atoms with Crippen LogP contribution < -0.4 is 0 Å². The first-order chi connectivity index (χ1) is 9.25. The van der Waals surface area contributed by atoms with Gasteiger partial charge in [0.25, 0.3) is 0 Å². The predicted octanol–water partition coefficient (Wildman–Crippen LogP) is 6.36. The zero-order valence-corrected chi connectivity index (χ0v) is 15.6. The van der Waals surface area contributed by atoms with Gasteiger partial charge in [-0.05, 0) is 51.2 Å². The lowest BCUT2D eigenvalue weighted by Gasteiger charge is -2.35. The van der Waals surface area contributed by atoms with Crippen LogP contribution in [0.25, 0.3) is 0 Å². The third-order valence-corrected chi connectivity index (χ3v) is 5.02. The molecule has 0 spiro atoms. The van der Waals surface area contributed by atoms with E-state index >= 15 is 0 Å². The molecule has 0 heterocycles. The number of hydrogen-bond donors (Lipinski definition) is 0. The van der Waals surface area contributed by atoms with Gasteiger partial charge >= 0.3 is 0 Å². The maximum Gasteiger partial charge on any atom is -0.00590 e. The van der Waals surface area contributed by atoms with Crippen molar-refractivity contribution in [2.45, 2.75) is 91.4 Å². The van der Waals surface area contributed by atoms with Crippen molar-refractivity contribution in [2.75, 3.05) is 0 Å². The van der Waals surface area contributed by atoms with E-state index in [9.17, 15) is 0 Å². The van der Waals surface area contributed by atoms with Gasteiger partial charge in [0.1, 0.15) is 0 Å². The van der Waals surface area contributed by atoms with E-state index < -0.39 is 0 Å². The molecule has 1 unspecified atom stereocenters. The Bertz CT molecular complexity index is 530. The topological polar surface area (TPSA) is 0 Å². The van der Waals surface area contributed by atoms with Crippen LogP contribution in [-0.4, -0.2) is 0 Å². The van der Waals surface area contributed by atoms with Gasteiger partial charge in [-0.2, -0.15) is 0 Å². The van der Waals surface area contributed by atoms with Crippen LogP contribution in [-0.2, 0) is 16.2 Å². The van der Waals surface area contributed by atoms with E-state index in [1.54, 1.807) is 11.1 Å². The van der Waals surface area contributed by atoms with E-state index in [4.69, 9.17) is 0 Å². The summed E-state index contributed by atoms with van der Waals surface area (Å²) >= 11 is 0. The molecule has 1 aromatic rings. The standard InChI is InChI=1S/C21H34/c1-18(2,3)13-21(9)14-20(7,8)16-11-10-15(12-17(16)21)19(4,5)6/h10-12H,13-14H2,1-9H3. The summed E-state index contributed by atoms with van der Waals surface area (Å²) in [5, 5.41) is 0. The van der Waals surface area contributed by atoms with Crippen LogP contribution >= 0.6 is 0 Å². The maximum absolute atomic E-state index is 2.51. The Kier molecular flexibility index (Phi) is 3.64. The molecule has 1 atom stereocenters. The van der Waals surface area contributed by atoms with E-state index in [1.807, 2.05) is 0 Å². The first-order valence-corrected chi connectivity index (χ1v) is 8.40. The molecule has 1 aromatic carbocycles. The molecule has 21 heavy (non-hydrogen) atoms. The predicted molar refractivity (Wildman–Crippen MR) is 94.2 cm³/mol. The Labute approximate surface area is 132 Å². The monoisotopic (exact) mass is 286 g/mol. The molecule has 0 amide bonds. The summed E-state index contributed by atoms with van der Waals surface area (Å²) in [5.74, 6) is 0. The molecule has 0 saturated heterocycles. The maximum atomic E-state index is 2.51. The highest BCUT2D eigenvalue weighted by Crippen LogP contribution is 2.54. The summed E-state index contributed by atoms with van der Waals surface area (Å²) in [6.45, 7) is 21.4. The van der Waals surface area contributed by atoms with Crippen LogP contribution in [0, 0.1) is 5.41 Å². The molecule has 1 aliphatic carbocycles. The molecular formula is C21H34. The van der Waals surface area contributed by atoms with E-state index in [0.717, 1.165) is 0 Å². The van der Waals surface area contributed by atoms with Crippen molar-refractivity contribution in [3.8, 4) is 0 Å². The highest BCUT2D eigenvalue weighted by Gasteiger charge is 2.46. The Morgan fingerprint density at radius 1 is 0.905 bits per heavy atom. The molecule has 1 aliphatic rings. The molecule has 0 nitrogen and oxygen atoms in total. The molecule has 0 aromatic heterocycles. The minimum Gasteiger partial charge on any atom is -0.0601 e. The van der Waals surface area contributed by atoms with Crippen molar-refractivity contribution < 1.29 is 0 Å². The molecule has 0 saturated carbocycles. The normalized spacial score (nSPS) is 25.0. The van der Waals surface area contributed by atoms with Gasteiger partial charge in [-0.25, -0.2) is 0 Å². The first-order valence-electron chi connectivity index (χ1n) is 8.40. The van der Waals surface area contributed by atoms with Gasteiger partial charge in [-0.15, -0.1) is 0 Å². The van der Waals surface area contributed by atoms with Crippen molar-refractivity contribution >= 4 is 0 Å². The van der Waals surface area contributed by atoms with Crippen molar-refractivity contribution in [2.24, 2.45) is 5.41 Å². The number of benzene rings is 1. The second kappa shape index (κ2) is 4.61. The zero-order chi connectivity index (χ0) is 16.3. The Morgan fingerprint density at radius 2 is 1.48 bits per heavy atom. The average Bonchev–Trinajstić information content (AvgIpc) is 2.42. The van der Waals surface area contributed by atoms with Crippen LogP contribution in [0.4, 0.5) is 0 Å². The largest absolute Gasteiger partial charge is 0.0601 e. The summed E-state index contributed by atoms with van der Waals surface area (Å²) in [4.78, 5) is 0. The summed E-state index contributed by atoms with van der Waals surface area (Å²) in [5.41, 5.74) is 5.84. The van der Waals surface area contributed by atoms with E-state index in [0.29, 0.717) is 16.2 Å². The van der Waals surface area contributed by atoms with Gasteiger partial charge in [-0.1, -0.05) is 80.5 Å². The third-order valence-electron chi connectivity index (χ3n) is 5.02. The van der Waals surface area contributed by atoms with Crippen molar-refractivity contribution in [3.63, 3.8) is 0 Å². The molecule has 0 N–H and O–H groups in total. The van der Waals surface area contributed by atoms with Gasteiger partial charge < -0.3 is 0 Å². The van der Waals surface area contributed by atoms with Crippen LogP contribution in [0.5, 0.6) is 0 Å². The molecule has 0 aliphatic heterocycles. The first kappa shape index (κ1) is 16.6. The van der Waals surface area contributed by atoms with E-state index in [1.165, 1.54) is 18.4 Å². The number of hydrogen-bond acceptors (Lipinski definition) is 0. The minimum absolute atomic E-state index is 0.227. The van der Waals surface area contributed by atoms with Crippen LogP contribution in [0.15, 0.2) is 18.2 Å². The summed E-state index contributed by atoms with van der Waals surface area (Å²) in [7, 11) is 0. The lowest BCUT2D eigenvalue weighted by molar-refractivity contribution is 0.245.